The van der Waals surface area contributed by atoms with Gasteiger partial charge in [-0.15, -0.1) is 0 Å². The zero-order chi connectivity index (χ0) is 31.9. The molecule has 0 saturated heterocycles. The number of nitrogens with two attached hydrogens (primary N) is 1. The van der Waals surface area contributed by atoms with E-state index in [4.69, 9.17) is 15.2 Å². The van der Waals surface area contributed by atoms with Gasteiger partial charge in [0.25, 0.3) is 0 Å². The molecule has 1 amide bonds. The maximum absolute atomic E-state index is 16.3. The molecule has 15 heteroatoms. The van der Waals surface area contributed by atoms with E-state index in [1.165, 1.54) is 7.05 Å². The molecular weight excluding hydrogens is 577 g/mol. The van der Waals surface area contributed by atoms with Crippen LogP contribution in [0.5, 0.6) is 11.9 Å². The van der Waals surface area contributed by atoms with E-state index in [9.17, 15) is 22.4 Å². The second kappa shape index (κ2) is 14.4. The summed E-state index contributed by atoms with van der Waals surface area (Å²) >= 11 is 0. The van der Waals surface area contributed by atoms with Crippen LogP contribution in [0, 0.1) is 18.6 Å². The topological polar surface area (TPSA) is 136 Å². The van der Waals surface area contributed by atoms with Crippen molar-refractivity contribution in [1.82, 2.24) is 25.6 Å². The number of pyridine rings is 1. The molecule has 1 aliphatic rings. The summed E-state index contributed by atoms with van der Waals surface area (Å²) in [6.07, 6.45) is -4.58. The van der Waals surface area contributed by atoms with Crippen LogP contribution in [0.3, 0.4) is 0 Å². The lowest BCUT2D eigenvalue weighted by Gasteiger charge is -2.21. The minimum atomic E-state index is -5.06. The number of carbonyl (C=O) groups is 1. The molecule has 10 nitrogen and oxygen atoms in total. The lowest BCUT2D eigenvalue weighted by atomic mass is 9.96. The fraction of sp³-hybridized carbons (Fsp3) is 0.500. The molecule has 0 aliphatic carbocycles. The lowest BCUT2D eigenvalue weighted by molar-refractivity contribution is -0.137. The average molecular weight is 614 g/mol. The van der Waals surface area contributed by atoms with Gasteiger partial charge >= 0.3 is 12.2 Å². The molecule has 0 fully saturated rings. The van der Waals surface area contributed by atoms with Crippen LogP contribution >= 0.6 is 0 Å². The van der Waals surface area contributed by atoms with Gasteiger partial charge in [-0.05, 0) is 44.9 Å². The third-order valence-corrected chi connectivity index (χ3v) is 6.49. The third-order valence-electron chi connectivity index (χ3n) is 6.49. The van der Waals surface area contributed by atoms with E-state index in [2.05, 4.69) is 30.9 Å². The number of benzene rings is 1. The van der Waals surface area contributed by atoms with Gasteiger partial charge in [0.15, 0.2) is 5.82 Å². The molecule has 3 heterocycles. The first kappa shape index (κ1) is 33.5. The van der Waals surface area contributed by atoms with Crippen molar-refractivity contribution in [2.75, 3.05) is 44.3 Å². The Bertz CT molecular complexity index is 1450. The van der Waals surface area contributed by atoms with Crippen LogP contribution < -0.4 is 31.2 Å². The number of hydrogen-bond donors (Lipinski definition) is 4. The zero-order valence-electron chi connectivity index (χ0n) is 24.6. The number of halogens is 5. The molecule has 2 aromatic heterocycles. The molecule has 236 valence electrons. The molecule has 1 unspecified atom stereocenters. The summed E-state index contributed by atoms with van der Waals surface area (Å²) in [6.45, 7) is 8.08. The van der Waals surface area contributed by atoms with Gasteiger partial charge in [0.1, 0.15) is 28.2 Å². The SMILES string of the molecule is CC.CNC(=O)CCCOc1nc2c3c(nc(-c4cc(N)c(F)c(C)c4C(F)(F)F)c(F)c3n1)OC(C)CCNCCN2. The summed E-state index contributed by atoms with van der Waals surface area (Å²) in [6, 6.07) is 0.421. The maximum atomic E-state index is 16.3. The largest absolute Gasteiger partial charge is 0.474 e. The highest BCUT2D eigenvalue weighted by atomic mass is 19.4. The summed E-state index contributed by atoms with van der Waals surface area (Å²) in [4.78, 5) is 24.2. The van der Waals surface area contributed by atoms with Crippen LogP contribution in [-0.4, -0.2) is 60.3 Å². The minimum absolute atomic E-state index is 0.00178. The maximum Gasteiger partial charge on any atom is 0.417 e. The van der Waals surface area contributed by atoms with Crippen LogP contribution in [0.4, 0.5) is 33.5 Å². The Morgan fingerprint density at radius 1 is 1.16 bits per heavy atom. The van der Waals surface area contributed by atoms with Gasteiger partial charge in [0.05, 0.1) is 24.0 Å². The highest BCUT2D eigenvalue weighted by Crippen LogP contribution is 2.44. The number of carbonyl (C=O) groups excluding carboxylic acids is 1. The summed E-state index contributed by atoms with van der Waals surface area (Å²) in [5, 5.41) is 8.74. The number of nitrogen functional groups attached to an aromatic ring is 1. The molecule has 0 saturated carbocycles. The summed E-state index contributed by atoms with van der Waals surface area (Å²) in [5.74, 6) is -2.83. The first-order valence-electron chi connectivity index (χ1n) is 13.9. The minimum Gasteiger partial charge on any atom is -0.474 e. The van der Waals surface area contributed by atoms with Crippen molar-refractivity contribution in [2.24, 2.45) is 0 Å². The van der Waals surface area contributed by atoms with Gasteiger partial charge in [0.2, 0.25) is 11.8 Å². The van der Waals surface area contributed by atoms with Crippen molar-refractivity contribution in [2.45, 2.75) is 59.2 Å². The van der Waals surface area contributed by atoms with Gasteiger partial charge in [-0.25, -0.2) is 13.8 Å². The van der Waals surface area contributed by atoms with E-state index in [0.29, 0.717) is 38.5 Å². The number of rotatable bonds is 6. The van der Waals surface area contributed by atoms with Gasteiger partial charge in [-0.1, -0.05) is 13.8 Å². The van der Waals surface area contributed by atoms with E-state index in [1.807, 2.05) is 13.8 Å². The number of nitrogens with zero attached hydrogens (tertiary/aromatic N) is 3. The van der Waals surface area contributed by atoms with Crippen molar-refractivity contribution in [1.29, 1.82) is 0 Å². The van der Waals surface area contributed by atoms with Gasteiger partial charge in [-0.2, -0.15) is 23.1 Å². The summed E-state index contributed by atoms with van der Waals surface area (Å²) in [7, 11) is 1.49. The van der Waals surface area contributed by atoms with Gasteiger partial charge in [0, 0.05) is 32.1 Å². The fourth-order valence-electron chi connectivity index (χ4n) is 4.42. The second-order valence-corrected chi connectivity index (χ2v) is 9.50. The number of hydrogen-bond acceptors (Lipinski definition) is 9. The number of aromatic nitrogens is 3. The molecular formula is C28H36F5N7O3. The van der Waals surface area contributed by atoms with E-state index in [1.54, 1.807) is 6.92 Å². The number of ether oxygens (including phenoxy) is 2. The molecule has 5 N–H and O–H groups in total. The van der Waals surface area contributed by atoms with Gasteiger partial charge < -0.3 is 31.2 Å². The number of anilines is 2. The molecule has 1 aromatic carbocycles. The summed E-state index contributed by atoms with van der Waals surface area (Å²) < 4.78 is 84.8. The standard InChI is InChI=1S/C26H30F5N7O3.C2H6/c1-12-6-7-34-8-9-35-23-17-22(37-25(38-23)40-10-4-5-16(39)33-3)20(28)21(36-24(17)41-12)14-11-15(32)19(27)13(2)18(14)26(29,30)31;1-2/h11-12,34H,4-10,32H2,1-3H3,(H,33,39)(H,35,37,38);1-2H3. The Morgan fingerprint density at radius 3 is 2.56 bits per heavy atom. The molecule has 1 aliphatic heterocycles. The molecule has 0 bridgehead atoms. The molecule has 1 atom stereocenters. The first-order valence-corrected chi connectivity index (χ1v) is 13.9. The molecule has 4 rings (SSSR count). The van der Waals surface area contributed by atoms with Crippen LogP contribution in [0.25, 0.3) is 22.2 Å². The van der Waals surface area contributed by atoms with Crippen LogP contribution in [-0.2, 0) is 11.0 Å². The van der Waals surface area contributed by atoms with Crippen molar-refractivity contribution in [3.63, 3.8) is 0 Å². The number of amides is 1. The fourth-order valence-corrected chi connectivity index (χ4v) is 4.42. The Kier molecular flexibility index (Phi) is 11.2. The van der Waals surface area contributed by atoms with Crippen molar-refractivity contribution >= 4 is 28.3 Å². The Hall–Kier alpha value is -4.01. The number of alkyl halides is 3. The Balaban J connectivity index is 0.00000248. The molecule has 0 spiro atoms. The van der Waals surface area contributed by atoms with Crippen LogP contribution in [0.15, 0.2) is 6.07 Å². The smallest absolute Gasteiger partial charge is 0.417 e. The van der Waals surface area contributed by atoms with Crippen molar-refractivity contribution in [3.8, 4) is 23.1 Å². The van der Waals surface area contributed by atoms with Crippen LogP contribution in [0.1, 0.15) is 51.2 Å². The highest BCUT2D eigenvalue weighted by molar-refractivity contribution is 5.96. The molecule has 43 heavy (non-hydrogen) atoms. The Morgan fingerprint density at radius 2 is 1.88 bits per heavy atom. The lowest BCUT2D eigenvalue weighted by Crippen LogP contribution is -2.26. The highest BCUT2D eigenvalue weighted by Gasteiger charge is 2.39. The quantitative estimate of drug-likeness (QED) is 0.172. The average Bonchev–Trinajstić information content (AvgIpc) is 3.00. The first-order chi connectivity index (χ1) is 20.4. The molecule has 3 aromatic rings. The second-order valence-electron chi connectivity index (χ2n) is 9.50. The predicted octanol–water partition coefficient (Wildman–Crippen LogP) is 4.98. The van der Waals surface area contributed by atoms with E-state index < -0.39 is 57.5 Å². The third kappa shape index (κ3) is 7.69. The van der Waals surface area contributed by atoms with Crippen LogP contribution in [0.2, 0.25) is 0 Å². The predicted molar refractivity (Wildman–Crippen MR) is 153 cm³/mol. The zero-order valence-corrected chi connectivity index (χ0v) is 24.6. The summed E-state index contributed by atoms with van der Waals surface area (Å²) in [5.41, 5.74) is 0.885. The van der Waals surface area contributed by atoms with E-state index in [-0.39, 0.29) is 42.0 Å². The monoisotopic (exact) mass is 613 g/mol. The van der Waals surface area contributed by atoms with E-state index in [0.717, 1.165) is 6.92 Å². The van der Waals surface area contributed by atoms with Gasteiger partial charge in [-0.3, -0.25) is 4.79 Å². The van der Waals surface area contributed by atoms with Crippen molar-refractivity contribution in [3.05, 3.63) is 28.8 Å². The van der Waals surface area contributed by atoms with Crippen molar-refractivity contribution < 1.29 is 36.2 Å². The molecule has 0 radical (unpaired) electrons. The van der Waals surface area contributed by atoms with E-state index >= 15 is 4.39 Å². The Labute approximate surface area is 246 Å². The number of nitrogens with one attached hydrogen (secondary N) is 3. The normalized spacial score (nSPS) is 15.3.